The largest absolute Gasteiger partial charge is 0.309 e. The van der Waals surface area contributed by atoms with Gasteiger partial charge in [0.15, 0.2) is 0 Å². The minimum atomic E-state index is 1.16. The van der Waals surface area contributed by atoms with E-state index in [0.717, 1.165) is 5.69 Å². The normalized spacial score (nSPS) is 11.4. The van der Waals surface area contributed by atoms with Gasteiger partial charge < -0.3 is 4.57 Å². The molecule has 1 nitrogen and oxygen atoms in total. The van der Waals surface area contributed by atoms with Crippen molar-refractivity contribution in [2.45, 2.75) is 0 Å². The van der Waals surface area contributed by atoms with Crippen LogP contribution in [0.15, 0.2) is 164 Å². The van der Waals surface area contributed by atoms with Gasteiger partial charge >= 0.3 is 0 Å². The van der Waals surface area contributed by atoms with Gasteiger partial charge in [-0.25, -0.2) is 0 Å². The van der Waals surface area contributed by atoms with E-state index in [0.29, 0.717) is 0 Å². The molecule has 1 heterocycles. The molecular weight excluding hydrogens is 494 g/mol. The van der Waals surface area contributed by atoms with Gasteiger partial charge in [-0.3, -0.25) is 0 Å². The van der Waals surface area contributed by atoms with E-state index >= 15 is 0 Å². The van der Waals surface area contributed by atoms with E-state index in [9.17, 15) is 0 Å². The van der Waals surface area contributed by atoms with Crippen molar-refractivity contribution in [3.05, 3.63) is 164 Å². The van der Waals surface area contributed by atoms with E-state index in [-0.39, 0.29) is 0 Å². The van der Waals surface area contributed by atoms with Gasteiger partial charge in [-0.2, -0.15) is 0 Å². The minimum Gasteiger partial charge on any atom is -0.309 e. The molecule has 1 heteroatoms. The second-order valence-electron chi connectivity index (χ2n) is 10.6. The van der Waals surface area contributed by atoms with E-state index in [4.69, 9.17) is 0 Å². The number of rotatable bonds is 4. The standard InChI is InChI=1S/C40H27N/c1-3-10-28(11-4-1)32-21-25-39-38(26-32)37-24-20-33(29-12-5-2-6-13-29)27-40(37)41(39)34-22-18-31(19-23-34)36-17-9-15-30-14-7-8-16-35(30)36/h1-27H. The van der Waals surface area contributed by atoms with E-state index in [1.54, 1.807) is 0 Å². The molecule has 0 saturated heterocycles. The molecule has 0 aliphatic carbocycles. The maximum Gasteiger partial charge on any atom is 0.0547 e. The van der Waals surface area contributed by atoms with Crippen molar-refractivity contribution in [1.29, 1.82) is 0 Å². The SMILES string of the molecule is c1ccc(-c2ccc3c(c2)c2ccc(-c4ccccc4)cc2n3-c2ccc(-c3cccc4ccccc34)cc2)cc1. The summed E-state index contributed by atoms with van der Waals surface area (Å²) in [5.41, 5.74) is 11.0. The van der Waals surface area contributed by atoms with Crippen molar-refractivity contribution in [3.8, 4) is 39.1 Å². The third kappa shape index (κ3) is 4.02. The molecule has 8 rings (SSSR count). The first-order chi connectivity index (χ1) is 20.3. The van der Waals surface area contributed by atoms with Crippen LogP contribution in [0, 0.1) is 0 Å². The lowest BCUT2D eigenvalue weighted by Crippen LogP contribution is -1.94. The zero-order chi connectivity index (χ0) is 27.2. The van der Waals surface area contributed by atoms with Gasteiger partial charge in [0.05, 0.1) is 11.0 Å². The van der Waals surface area contributed by atoms with E-state index in [1.165, 1.54) is 66.0 Å². The van der Waals surface area contributed by atoms with Crippen LogP contribution in [0.2, 0.25) is 0 Å². The van der Waals surface area contributed by atoms with E-state index in [2.05, 4.69) is 168 Å². The van der Waals surface area contributed by atoms with E-state index < -0.39 is 0 Å². The fourth-order valence-electron chi connectivity index (χ4n) is 6.19. The summed E-state index contributed by atoms with van der Waals surface area (Å²) >= 11 is 0. The van der Waals surface area contributed by atoms with Crippen molar-refractivity contribution in [2.75, 3.05) is 0 Å². The van der Waals surface area contributed by atoms with Crippen LogP contribution in [-0.4, -0.2) is 4.57 Å². The smallest absolute Gasteiger partial charge is 0.0547 e. The van der Waals surface area contributed by atoms with E-state index in [1.807, 2.05) is 0 Å². The molecule has 0 radical (unpaired) electrons. The molecular formula is C40H27N. The molecule has 8 aromatic rings. The second kappa shape index (κ2) is 9.66. The molecule has 0 amide bonds. The molecule has 0 unspecified atom stereocenters. The molecule has 0 fully saturated rings. The average Bonchev–Trinajstić information content (AvgIpc) is 3.38. The highest BCUT2D eigenvalue weighted by Gasteiger charge is 2.15. The molecule has 1 aromatic heterocycles. The van der Waals surface area contributed by atoms with Gasteiger partial charge in [-0.15, -0.1) is 0 Å². The maximum atomic E-state index is 2.42. The summed E-state index contributed by atoms with van der Waals surface area (Å²) in [6.07, 6.45) is 0. The average molecular weight is 522 g/mol. The molecule has 0 N–H and O–H groups in total. The van der Waals surface area contributed by atoms with Crippen LogP contribution in [0.5, 0.6) is 0 Å². The van der Waals surface area contributed by atoms with Crippen molar-refractivity contribution in [2.24, 2.45) is 0 Å². The summed E-state index contributed by atoms with van der Waals surface area (Å²) in [5, 5.41) is 5.06. The summed E-state index contributed by atoms with van der Waals surface area (Å²) in [5.74, 6) is 0. The van der Waals surface area contributed by atoms with Gasteiger partial charge in [0.25, 0.3) is 0 Å². The Balaban J connectivity index is 1.33. The Kier molecular flexibility index (Phi) is 5.53. The highest BCUT2D eigenvalue weighted by atomic mass is 15.0. The van der Waals surface area contributed by atoms with Crippen molar-refractivity contribution >= 4 is 32.6 Å². The highest BCUT2D eigenvalue weighted by molar-refractivity contribution is 6.11. The number of fused-ring (bicyclic) bond motifs is 4. The summed E-state index contributed by atoms with van der Waals surface area (Å²) in [7, 11) is 0. The Bertz CT molecular complexity index is 2160. The number of aromatic nitrogens is 1. The third-order valence-electron chi connectivity index (χ3n) is 8.21. The molecule has 0 atom stereocenters. The summed E-state index contributed by atoms with van der Waals surface area (Å²) in [6.45, 7) is 0. The first kappa shape index (κ1) is 23.5. The first-order valence-corrected chi connectivity index (χ1v) is 14.1. The second-order valence-corrected chi connectivity index (χ2v) is 10.6. The summed E-state index contributed by atoms with van der Waals surface area (Å²) in [4.78, 5) is 0. The number of hydrogen-bond acceptors (Lipinski definition) is 0. The molecule has 0 aliphatic rings. The van der Waals surface area contributed by atoms with Crippen LogP contribution in [0.3, 0.4) is 0 Å². The molecule has 0 aliphatic heterocycles. The van der Waals surface area contributed by atoms with Gasteiger partial charge in [0.2, 0.25) is 0 Å². The zero-order valence-corrected chi connectivity index (χ0v) is 22.5. The first-order valence-electron chi connectivity index (χ1n) is 14.1. The summed E-state index contributed by atoms with van der Waals surface area (Å²) < 4.78 is 2.42. The highest BCUT2D eigenvalue weighted by Crippen LogP contribution is 2.38. The van der Waals surface area contributed by atoms with Crippen LogP contribution in [0.4, 0.5) is 0 Å². The molecule has 0 bridgehead atoms. The maximum absolute atomic E-state index is 2.42. The van der Waals surface area contributed by atoms with Gasteiger partial charge in [-0.1, -0.05) is 133 Å². The Labute approximate surface area is 239 Å². The molecule has 192 valence electrons. The topological polar surface area (TPSA) is 4.93 Å². The Morgan fingerprint density at radius 2 is 0.927 bits per heavy atom. The van der Waals surface area contributed by atoms with Crippen LogP contribution >= 0.6 is 0 Å². The fourth-order valence-corrected chi connectivity index (χ4v) is 6.19. The number of benzene rings is 7. The number of nitrogens with zero attached hydrogens (tertiary/aromatic N) is 1. The Morgan fingerprint density at radius 1 is 0.317 bits per heavy atom. The van der Waals surface area contributed by atoms with Crippen molar-refractivity contribution < 1.29 is 0 Å². The van der Waals surface area contributed by atoms with Gasteiger partial charge in [0.1, 0.15) is 0 Å². The number of hydrogen-bond donors (Lipinski definition) is 0. The molecule has 0 spiro atoms. The van der Waals surface area contributed by atoms with Gasteiger partial charge in [-0.05, 0) is 74.5 Å². The molecule has 0 saturated carbocycles. The fraction of sp³-hybridized carbons (Fsp3) is 0. The lowest BCUT2D eigenvalue weighted by atomic mass is 9.98. The minimum absolute atomic E-state index is 1.16. The van der Waals surface area contributed by atoms with Gasteiger partial charge in [0, 0.05) is 16.5 Å². The molecule has 41 heavy (non-hydrogen) atoms. The predicted molar refractivity (Wildman–Crippen MR) is 175 cm³/mol. The zero-order valence-electron chi connectivity index (χ0n) is 22.5. The van der Waals surface area contributed by atoms with Crippen molar-refractivity contribution in [1.82, 2.24) is 4.57 Å². The van der Waals surface area contributed by atoms with Crippen molar-refractivity contribution in [3.63, 3.8) is 0 Å². The quantitative estimate of drug-likeness (QED) is 0.217. The Morgan fingerprint density at radius 3 is 1.68 bits per heavy atom. The van der Waals surface area contributed by atoms with Crippen LogP contribution < -0.4 is 0 Å². The lowest BCUT2D eigenvalue weighted by Gasteiger charge is -2.12. The summed E-state index contributed by atoms with van der Waals surface area (Å²) in [6, 6.07) is 59.2. The third-order valence-corrected chi connectivity index (χ3v) is 8.21. The van der Waals surface area contributed by atoms with Crippen LogP contribution in [-0.2, 0) is 0 Å². The Hall–Kier alpha value is -5.40. The monoisotopic (exact) mass is 521 g/mol. The molecule has 7 aromatic carbocycles. The lowest BCUT2D eigenvalue weighted by molar-refractivity contribution is 1.18. The predicted octanol–water partition coefficient (Wildman–Crippen LogP) is 10.9. The van der Waals surface area contributed by atoms with Crippen LogP contribution in [0.25, 0.3) is 71.6 Å². The van der Waals surface area contributed by atoms with Crippen LogP contribution in [0.1, 0.15) is 0 Å².